The van der Waals surface area contributed by atoms with Gasteiger partial charge in [0.05, 0.1) is 5.92 Å². The van der Waals surface area contributed by atoms with E-state index in [2.05, 4.69) is 9.97 Å². The molecule has 1 aliphatic rings. The minimum atomic E-state index is -2.23. The third-order valence-corrected chi connectivity index (χ3v) is 2.90. The lowest BCUT2D eigenvalue weighted by Crippen LogP contribution is -2.50. The van der Waals surface area contributed by atoms with Gasteiger partial charge in [0.1, 0.15) is 11.6 Å². The predicted molar refractivity (Wildman–Crippen MR) is 62.4 cm³/mol. The highest BCUT2D eigenvalue weighted by Gasteiger charge is 2.34. The van der Waals surface area contributed by atoms with E-state index >= 15 is 0 Å². The number of alkyl halides is 2. The zero-order valence-corrected chi connectivity index (χ0v) is 10.3. The van der Waals surface area contributed by atoms with Gasteiger partial charge in [-0.2, -0.15) is 0 Å². The number of anilines is 1. The second-order valence-corrected chi connectivity index (χ2v) is 5.49. The number of hydrogen-bond acceptors (Lipinski definition) is 3. The first-order valence-corrected chi connectivity index (χ1v) is 5.74. The van der Waals surface area contributed by atoms with Crippen molar-refractivity contribution >= 4 is 5.82 Å². The second-order valence-electron chi connectivity index (χ2n) is 5.49. The van der Waals surface area contributed by atoms with E-state index in [-0.39, 0.29) is 5.41 Å². The average molecular weight is 241 g/mol. The molecule has 0 amide bonds. The molecule has 17 heavy (non-hydrogen) atoms. The first-order valence-electron chi connectivity index (χ1n) is 5.74. The van der Waals surface area contributed by atoms with Crippen LogP contribution >= 0.6 is 0 Å². The first-order chi connectivity index (χ1) is 7.88. The van der Waals surface area contributed by atoms with Crippen LogP contribution in [0.5, 0.6) is 0 Å². The number of aromatic nitrogens is 2. The lowest BCUT2D eigenvalue weighted by molar-refractivity contribution is 0.0611. The van der Waals surface area contributed by atoms with Crippen molar-refractivity contribution in [2.45, 2.75) is 32.6 Å². The highest BCUT2D eigenvalue weighted by Crippen LogP contribution is 2.28. The lowest BCUT2D eigenvalue weighted by atomic mass is 9.95. The third kappa shape index (κ3) is 2.53. The Balaban J connectivity index is 2.09. The molecule has 0 aromatic carbocycles. The van der Waals surface area contributed by atoms with E-state index in [1.165, 1.54) is 0 Å². The summed E-state index contributed by atoms with van der Waals surface area (Å²) in [5.41, 5.74) is -0.122. The number of halogens is 2. The molecule has 5 heteroatoms. The molecule has 0 radical (unpaired) electrons. The molecule has 1 aromatic heterocycles. The van der Waals surface area contributed by atoms with Gasteiger partial charge in [-0.15, -0.1) is 0 Å². The van der Waals surface area contributed by atoms with Crippen LogP contribution in [0.2, 0.25) is 0 Å². The van der Waals surface area contributed by atoms with Crippen molar-refractivity contribution in [3.8, 4) is 0 Å². The molecule has 0 spiro atoms. The van der Waals surface area contributed by atoms with Crippen molar-refractivity contribution in [2.75, 3.05) is 18.0 Å². The van der Waals surface area contributed by atoms with Gasteiger partial charge in [0.2, 0.25) is 6.43 Å². The summed E-state index contributed by atoms with van der Waals surface area (Å²) in [5.74, 6) is 0.986. The van der Waals surface area contributed by atoms with Crippen LogP contribution < -0.4 is 4.90 Å². The minimum absolute atomic E-state index is 0.122. The van der Waals surface area contributed by atoms with Crippen molar-refractivity contribution in [1.29, 1.82) is 0 Å². The summed E-state index contributed by atoms with van der Waals surface area (Å²) in [6.45, 7) is 6.87. The molecule has 2 heterocycles. The van der Waals surface area contributed by atoms with Gasteiger partial charge in [0, 0.05) is 24.7 Å². The molecule has 0 N–H and O–H groups in total. The molecule has 0 saturated carbocycles. The topological polar surface area (TPSA) is 29.0 Å². The third-order valence-electron chi connectivity index (χ3n) is 2.90. The maximum Gasteiger partial charge on any atom is 0.244 e. The number of hydrogen-bond donors (Lipinski definition) is 0. The van der Waals surface area contributed by atoms with Gasteiger partial charge >= 0.3 is 0 Å². The van der Waals surface area contributed by atoms with Gasteiger partial charge in [-0.25, -0.2) is 18.7 Å². The van der Waals surface area contributed by atoms with Crippen LogP contribution in [-0.4, -0.2) is 29.5 Å². The molecule has 0 unspecified atom stereocenters. The number of rotatable bonds is 2. The Morgan fingerprint density at radius 3 is 2.53 bits per heavy atom. The van der Waals surface area contributed by atoms with E-state index in [4.69, 9.17) is 0 Å². The van der Waals surface area contributed by atoms with Crippen LogP contribution in [0.4, 0.5) is 14.6 Å². The maximum atomic E-state index is 12.4. The highest BCUT2D eigenvalue weighted by molar-refractivity contribution is 5.41. The molecule has 94 valence electrons. The van der Waals surface area contributed by atoms with Crippen LogP contribution in [0.1, 0.15) is 26.6 Å². The molecule has 2 rings (SSSR count). The van der Waals surface area contributed by atoms with Gasteiger partial charge in [-0.3, -0.25) is 0 Å². The van der Waals surface area contributed by atoms with E-state index in [1.54, 1.807) is 12.3 Å². The molecule has 3 nitrogen and oxygen atoms in total. The van der Waals surface area contributed by atoms with Gasteiger partial charge in [-0.1, -0.05) is 20.8 Å². The van der Waals surface area contributed by atoms with Crippen LogP contribution in [0.25, 0.3) is 0 Å². The first kappa shape index (κ1) is 12.2. The average Bonchev–Trinajstić information content (AvgIpc) is 2.13. The molecule has 0 aliphatic carbocycles. The smallest absolute Gasteiger partial charge is 0.244 e. The van der Waals surface area contributed by atoms with Crippen molar-refractivity contribution in [3.63, 3.8) is 0 Å². The van der Waals surface area contributed by atoms with Crippen LogP contribution in [0, 0.1) is 5.92 Å². The lowest BCUT2D eigenvalue weighted by Gasteiger charge is -2.39. The molecule has 1 aliphatic heterocycles. The Kier molecular flexibility index (Phi) is 3.02. The van der Waals surface area contributed by atoms with E-state index in [9.17, 15) is 8.78 Å². The SMILES string of the molecule is CC(C)(C)c1nccc(N2CC(C(F)F)C2)n1. The molecule has 0 atom stereocenters. The Morgan fingerprint density at radius 2 is 2.00 bits per heavy atom. The minimum Gasteiger partial charge on any atom is -0.355 e. The van der Waals surface area contributed by atoms with Gasteiger partial charge in [0.15, 0.2) is 0 Å². The van der Waals surface area contributed by atoms with Crippen molar-refractivity contribution in [2.24, 2.45) is 5.92 Å². The van der Waals surface area contributed by atoms with Crippen LogP contribution in [-0.2, 0) is 5.41 Å². The fraction of sp³-hybridized carbons (Fsp3) is 0.667. The summed E-state index contributed by atoms with van der Waals surface area (Å²) in [6.07, 6.45) is -0.534. The standard InChI is InChI=1S/C12H17F2N3/c1-12(2,3)11-15-5-4-9(16-11)17-6-8(7-17)10(13)14/h4-5,8,10H,6-7H2,1-3H3. The van der Waals surface area contributed by atoms with Crippen molar-refractivity contribution in [1.82, 2.24) is 9.97 Å². The van der Waals surface area contributed by atoms with Gasteiger partial charge < -0.3 is 4.90 Å². The summed E-state index contributed by atoms with van der Waals surface area (Å²) < 4.78 is 24.8. The van der Waals surface area contributed by atoms with E-state index in [0.29, 0.717) is 13.1 Å². The molecule has 1 fully saturated rings. The Bertz CT molecular complexity index is 395. The zero-order valence-electron chi connectivity index (χ0n) is 10.3. The predicted octanol–water partition coefficient (Wildman–Crippen LogP) is 2.48. The van der Waals surface area contributed by atoms with Crippen LogP contribution in [0.15, 0.2) is 12.3 Å². The summed E-state index contributed by atoms with van der Waals surface area (Å²) in [5, 5.41) is 0. The van der Waals surface area contributed by atoms with E-state index < -0.39 is 12.3 Å². The zero-order chi connectivity index (χ0) is 12.6. The summed E-state index contributed by atoms with van der Waals surface area (Å²) in [4.78, 5) is 10.5. The largest absolute Gasteiger partial charge is 0.355 e. The monoisotopic (exact) mass is 241 g/mol. The Hall–Kier alpha value is -1.26. The Morgan fingerprint density at radius 1 is 1.35 bits per heavy atom. The quantitative estimate of drug-likeness (QED) is 0.796. The van der Waals surface area contributed by atoms with E-state index in [1.807, 2.05) is 25.7 Å². The van der Waals surface area contributed by atoms with Crippen molar-refractivity contribution < 1.29 is 8.78 Å². The summed E-state index contributed by atoms with van der Waals surface area (Å²) >= 11 is 0. The molecule has 0 bridgehead atoms. The Labute approximate surface area is 99.9 Å². The molecular weight excluding hydrogens is 224 g/mol. The molecule has 1 saturated heterocycles. The summed E-state index contributed by atoms with van der Waals surface area (Å²) in [7, 11) is 0. The van der Waals surface area contributed by atoms with Gasteiger partial charge in [-0.05, 0) is 6.07 Å². The fourth-order valence-corrected chi connectivity index (χ4v) is 1.75. The van der Waals surface area contributed by atoms with Crippen molar-refractivity contribution in [3.05, 3.63) is 18.1 Å². The highest BCUT2D eigenvalue weighted by atomic mass is 19.3. The normalized spacial score (nSPS) is 17.4. The summed E-state index contributed by atoms with van der Waals surface area (Å²) in [6, 6.07) is 1.77. The fourth-order valence-electron chi connectivity index (χ4n) is 1.75. The second kappa shape index (κ2) is 4.20. The van der Waals surface area contributed by atoms with E-state index in [0.717, 1.165) is 11.6 Å². The van der Waals surface area contributed by atoms with Crippen LogP contribution in [0.3, 0.4) is 0 Å². The molecular formula is C12H17F2N3. The molecule has 1 aromatic rings. The van der Waals surface area contributed by atoms with Gasteiger partial charge in [0.25, 0.3) is 0 Å². The maximum absolute atomic E-state index is 12.4. The number of nitrogens with zero attached hydrogens (tertiary/aromatic N) is 3.